The highest BCUT2D eigenvalue weighted by Crippen LogP contribution is 2.21. The Labute approximate surface area is 143 Å². The number of urea groups is 1. The van der Waals surface area contributed by atoms with Crippen LogP contribution in [0.5, 0.6) is 0 Å². The number of amides is 4. The van der Waals surface area contributed by atoms with E-state index in [9.17, 15) is 18.8 Å². The summed E-state index contributed by atoms with van der Waals surface area (Å²) in [5, 5.41) is 22.6. The van der Waals surface area contributed by atoms with Crippen LogP contribution in [0.1, 0.15) is 25.8 Å². The normalized spacial score (nSPS) is 17.8. The van der Waals surface area contributed by atoms with Crippen molar-refractivity contribution >= 4 is 23.5 Å². The van der Waals surface area contributed by atoms with E-state index in [1.54, 1.807) is 0 Å². The van der Waals surface area contributed by atoms with Crippen LogP contribution in [0.3, 0.4) is 0 Å². The molecular formula is C16H20FN3O5. The van der Waals surface area contributed by atoms with Gasteiger partial charge in [-0.25, -0.2) is 4.79 Å². The van der Waals surface area contributed by atoms with E-state index in [0.29, 0.717) is 6.42 Å². The zero-order valence-corrected chi connectivity index (χ0v) is 13.8. The van der Waals surface area contributed by atoms with E-state index < -0.39 is 42.0 Å². The van der Waals surface area contributed by atoms with Gasteiger partial charge in [-0.1, -0.05) is 13.8 Å². The highest BCUT2D eigenvalue weighted by molar-refractivity contribution is 6.07. The average Bonchev–Trinajstić information content (AvgIpc) is 2.74. The van der Waals surface area contributed by atoms with Gasteiger partial charge in [0.05, 0.1) is 0 Å². The van der Waals surface area contributed by atoms with Crippen molar-refractivity contribution in [3.8, 4) is 0 Å². The fourth-order valence-electron chi connectivity index (χ4n) is 2.47. The Balaban J connectivity index is 1.96. The second kappa shape index (κ2) is 7.16. The third kappa shape index (κ3) is 4.74. The number of carbonyl (C=O) groups is 3. The van der Waals surface area contributed by atoms with Crippen molar-refractivity contribution < 1.29 is 29.0 Å². The molecule has 1 heterocycles. The Morgan fingerprint density at radius 3 is 2.44 bits per heavy atom. The van der Waals surface area contributed by atoms with E-state index in [0.717, 1.165) is 17.0 Å². The predicted molar refractivity (Wildman–Crippen MR) is 85.8 cm³/mol. The van der Waals surface area contributed by atoms with E-state index in [2.05, 4.69) is 10.6 Å². The third-order valence-corrected chi connectivity index (χ3v) is 3.65. The number of hydrogen-bond donors (Lipinski definition) is 4. The first-order valence-corrected chi connectivity index (χ1v) is 7.74. The minimum atomic E-state index is -3.46. The molecular weight excluding hydrogens is 333 g/mol. The molecule has 0 radical (unpaired) electrons. The summed E-state index contributed by atoms with van der Waals surface area (Å²) in [5.74, 6) is -0.852. The molecule has 4 N–H and O–H groups in total. The van der Waals surface area contributed by atoms with Crippen molar-refractivity contribution in [2.75, 3.05) is 11.9 Å². The van der Waals surface area contributed by atoms with Crippen LogP contribution in [0, 0.1) is 5.92 Å². The number of nitrogens with zero attached hydrogens (tertiary/aromatic N) is 1. The molecule has 0 aromatic heterocycles. The maximum absolute atomic E-state index is 12.9. The van der Waals surface area contributed by atoms with Crippen molar-refractivity contribution in [1.29, 1.82) is 0 Å². The van der Waals surface area contributed by atoms with Crippen LogP contribution in [0.2, 0.25) is 0 Å². The third-order valence-electron chi connectivity index (χ3n) is 3.65. The lowest BCUT2D eigenvalue weighted by molar-refractivity contribution is -0.269. The fourth-order valence-corrected chi connectivity index (χ4v) is 2.47. The number of anilines is 1. The summed E-state index contributed by atoms with van der Waals surface area (Å²) in [5.41, 5.74) is -0.139. The number of nitrogens with one attached hydrogen (secondary N) is 2. The van der Waals surface area contributed by atoms with E-state index in [1.807, 2.05) is 13.8 Å². The van der Waals surface area contributed by atoms with Crippen molar-refractivity contribution in [1.82, 2.24) is 10.2 Å². The first-order valence-electron chi connectivity index (χ1n) is 7.74. The molecule has 0 saturated carbocycles. The molecule has 1 aromatic rings. The van der Waals surface area contributed by atoms with E-state index >= 15 is 0 Å². The van der Waals surface area contributed by atoms with Crippen molar-refractivity contribution in [2.45, 2.75) is 32.4 Å². The Hall–Kier alpha value is -2.52. The largest absolute Gasteiger partial charge is 0.343 e. The molecule has 1 aliphatic rings. The lowest BCUT2D eigenvalue weighted by atomic mass is 10.0. The molecule has 1 saturated heterocycles. The van der Waals surface area contributed by atoms with Crippen LogP contribution in [0.15, 0.2) is 24.3 Å². The lowest BCUT2D eigenvalue weighted by Gasteiger charge is -2.15. The summed E-state index contributed by atoms with van der Waals surface area (Å²) < 4.78 is 12.9. The van der Waals surface area contributed by atoms with Crippen LogP contribution in [0.25, 0.3) is 0 Å². The second-order valence-electron chi connectivity index (χ2n) is 6.27. The molecule has 9 heteroatoms. The van der Waals surface area contributed by atoms with Gasteiger partial charge in [-0.05, 0) is 36.6 Å². The first kappa shape index (κ1) is 18.8. The van der Waals surface area contributed by atoms with Crippen LogP contribution in [0.4, 0.5) is 14.9 Å². The monoisotopic (exact) mass is 353 g/mol. The molecule has 1 aromatic carbocycles. The predicted octanol–water partition coefficient (Wildman–Crippen LogP) is 0.656. The van der Waals surface area contributed by atoms with Crippen molar-refractivity contribution in [2.24, 2.45) is 5.92 Å². The Morgan fingerprint density at radius 2 is 1.92 bits per heavy atom. The van der Waals surface area contributed by atoms with E-state index in [-0.39, 0.29) is 11.6 Å². The summed E-state index contributed by atoms with van der Waals surface area (Å²) in [6.07, 6.45) is 0.484. The smallest absolute Gasteiger partial charge is 0.336 e. The summed E-state index contributed by atoms with van der Waals surface area (Å²) >= 11 is 0. The van der Waals surface area contributed by atoms with Gasteiger partial charge in [0.2, 0.25) is 5.91 Å². The summed E-state index contributed by atoms with van der Waals surface area (Å²) in [6, 6.07) is -0.0173. The number of alkyl halides is 1. The number of benzene rings is 1. The molecule has 1 aliphatic heterocycles. The minimum Gasteiger partial charge on any atom is -0.336 e. The molecule has 4 amide bonds. The SMILES string of the molecule is CC(C)CC1NC(=O)N(CC(=O)Nc2ccc(C(O)(O)F)cc2)C1=O. The number of rotatable bonds is 6. The molecule has 2 rings (SSSR count). The van der Waals surface area contributed by atoms with Gasteiger partial charge < -0.3 is 20.8 Å². The Morgan fingerprint density at radius 1 is 1.32 bits per heavy atom. The van der Waals surface area contributed by atoms with Gasteiger partial charge in [0.25, 0.3) is 5.91 Å². The Bertz CT molecular complexity index is 669. The molecule has 1 unspecified atom stereocenters. The van der Waals surface area contributed by atoms with E-state index in [1.165, 1.54) is 12.1 Å². The summed E-state index contributed by atoms with van der Waals surface area (Å²) in [4.78, 5) is 36.8. The molecule has 0 bridgehead atoms. The highest BCUT2D eigenvalue weighted by Gasteiger charge is 2.39. The zero-order chi connectivity index (χ0) is 18.8. The first-order chi connectivity index (χ1) is 11.6. The number of imide groups is 1. The topological polar surface area (TPSA) is 119 Å². The summed E-state index contributed by atoms with van der Waals surface area (Å²) in [6.45, 7) is 3.39. The molecule has 1 fully saturated rings. The number of aliphatic hydroxyl groups is 2. The Kier molecular flexibility index (Phi) is 5.39. The zero-order valence-electron chi connectivity index (χ0n) is 13.8. The van der Waals surface area contributed by atoms with Crippen LogP contribution in [-0.4, -0.2) is 45.5 Å². The van der Waals surface area contributed by atoms with Crippen molar-refractivity contribution in [3.63, 3.8) is 0 Å². The van der Waals surface area contributed by atoms with Gasteiger partial charge in [0.15, 0.2) is 0 Å². The average molecular weight is 353 g/mol. The number of halogens is 1. The molecule has 8 nitrogen and oxygen atoms in total. The molecule has 136 valence electrons. The summed E-state index contributed by atoms with van der Waals surface area (Å²) in [7, 11) is 0. The molecule has 0 aliphatic carbocycles. The van der Waals surface area contributed by atoms with Crippen molar-refractivity contribution in [3.05, 3.63) is 29.8 Å². The lowest BCUT2D eigenvalue weighted by Crippen LogP contribution is -2.38. The number of hydrogen-bond acceptors (Lipinski definition) is 5. The van der Waals surface area contributed by atoms with Gasteiger partial charge in [0, 0.05) is 11.3 Å². The standard InChI is InChI=1S/C16H20FN3O5/c1-9(2)7-12-14(22)20(15(23)19-12)8-13(21)18-11-5-3-10(4-6-11)16(17,24)25/h3-6,9,12,24-25H,7-8H2,1-2H3,(H,18,21)(H,19,23). The van der Waals surface area contributed by atoms with Gasteiger partial charge in [-0.3, -0.25) is 14.5 Å². The second-order valence-corrected chi connectivity index (χ2v) is 6.27. The highest BCUT2D eigenvalue weighted by atomic mass is 19.2. The van der Waals surface area contributed by atoms with Crippen LogP contribution >= 0.6 is 0 Å². The fraction of sp³-hybridized carbons (Fsp3) is 0.438. The van der Waals surface area contributed by atoms with Gasteiger partial charge in [-0.15, -0.1) is 0 Å². The van der Waals surface area contributed by atoms with Gasteiger partial charge in [-0.2, -0.15) is 4.39 Å². The maximum Gasteiger partial charge on any atom is 0.343 e. The quantitative estimate of drug-likeness (QED) is 0.442. The van der Waals surface area contributed by atoms with Gasteiger partial charge >= 0.3 is 12.1 Å². The number of carbonyl (C=O) groups excluding carboxylic acids is 3. The van der Waals surface area contributed by atoms with Crippen LogP contribution < -0.4 is 10.6 Å². The maximum atomic E-state index is 12.9. The molecule has 0 spiro atoms. The molecule has 25 heavy (non-hydrogen) atoms. The van der Waals surface area contributed by atoms with E-state index in [4.69, 9.17) is 10.2 Å². The minimum absolute atomic E-state index is 0.210. The molecule has 1 atom stereocenters. The van der Waals surface area contributed by atoms with Gasteiger partial charge in [0.1, 0.15) is 12.6 Å². The van der Waals surface area contributed by atoms with Crippen LogP contribution in [-0.2, 0) is 15.6 Å².